The van der Waals surface area contributed by atoms with Crippen molar-refractivity contribution in [1.29, 1.82) is 0 Å². The fourth-order valence-electron chi connectivity index (χ4n) is 3.75. The summed E-state index contributed by atoms with van der Waals surface area (Å²) < 4.78 is 5.34. The first-order chi connectivity index (χ1) is 15.5. The summed E-state index contributed by atoms with van der Waals surface area (Å²) in [5.41, 5.74) is 2.51. The number of allylic oxidation sites excluding steroid dienone is 1. The lowest BCUT2D eigenvalue weighted by molar-refractivity contribution is -0.124. The maximum absolute atomic E-state index is 12.2. The van der Waals surface area contributed by atoms with Crippen LogP contribution in [0.25, 0.3) is 16.8 Å². The Labute approximate surface area is 189 Å². The lowest BCUT2D eigenvalue weighted by Crippen LogP contribution is -2.05. The molecular formula is C28H30O4. The Bertz CT molecular complexity index is 1130. The molecule has 0 radical (unpaired) electrons. The number of aromatic hydroxyl groups is 1. The molecule has 4 heteroatoms. The lowest BCUT2D eigenvalue weighted by atomic mass is 9.98. The smallest absolute Gasteiger partial charge is 0.163 e. The van der Waals surface area contributed by atoms with Crippen molar-refractivity contribution in [3.63, 3.8) is 0 Å². The maximum atomic E-state index is 12.2. The standard InChI is InChI=1S/C28H30O4/c1-3-4-5-10-25(29)19-26(30)14-12-21-17-24(28(31)27(18-21)32-2)16-20-11-13-22-8-6-7-9-23(22)15-20/h6-9,11-15,17-18,31H,3-5,10,16,19H2,1-2H3. The van der Waals surface area contributed by atoms with Crippen molar-refractivity contribution in [1.82, 2.24) is 0 Å². The van der Waals surface area contributed by atoms with Gasteiger partial charge in [-0.25, -0.2) is 0 Å². The van der Waals surface area contributed by atoms with Crippen LogP contribution < -0.4 is 4.74 Å². The Morgan fingerprint density at radius 2 is 1.78 bits per heavy atom. The number of rotatable bonds is 11. The summed E-state index contributed by atoms with van der Waals surface area (Å²) >= 11 is 0. The van der Waals surface area contributed by atoms with E-state index < -0.39 is 0 Å². The normalized spacial score (nSPS) is 11.2. The van der Waals surface area contributed by atoms with Crippen LogP contribution in [-0.4, -0.2) is 23.8 Å². The van der Waals surface area contributed by atoms with E-state index in [9.17, 15) is 14.7 Å². The van der Waals surface area contributed by atoms with Crippen LogP contribution in [0, 0.1) is 0 Å². The van der Waals surface area contributed by atoms with Gasteiger partial charge in [-0.05, 0) is 46.5 Å². The molecule has 3 rings (SSSR count). The summed E-state index contributed by atoms with van der Waals surface area (Å²) in [7, 11) is 1.50. The van der Waals surface area contributed by atoms with Crippen molar-refractivity contribution < 1.29 is 19.4 Å². The van der Waals surface area contributed by atoms with Crippen molar-refractivity contribution >= 4 is 28.4 Å². The zero-order valence-electron chi connectivity index (χ0n) is 18.8. The topological polar surface area (TPSA) is 63.6 Å². The molecule has 0 aromatic heterocycles. The molecular weight excluding hydrogens is 400 g/mol. The highest BCUT2D eigenvalue weighted by Crippen LogP contribution is 2.34. The average Bonchev–Trinajstić information content (AvgIpc) is 2.79. The van der Waals surface area contributed by atoms with E-state index in [4.69, 9.17) is 4.74 Å². The summed E-state index contributed by atoms with van der Waals surface area (Å²) in [4.78, 5) is 24.1. The summed E-state index contributed by atoms with van der Waals surface area (Å²) in [5.74, 6) is 0.212. The first-order valence-corrected chi connectivity index (χ1v) is 11.1. The van der Waals surface area contributed by atoms with Crippen LogP contribution in [-0.2, 0) is 16.0 Å². The Hall–Kier alpha value is -3.40. The Kier molecular flexibility index (Phi) is 8.20. The number of fused-ring (bicyclic) bond motifs is 1. The van der Waals surface area contributed by atoms with Crippen molar-refractivity contribution in [3.05, 3.63) is 77.4 Å². The molecule has 0 saturated carbocycles. The number of phenolic OH excluding ortho intramolecular Hbond substituents is 1. The van der Waals surface area contributed by atoms with Crippen LogP contribution in [0.2, 0.25) is 0 Å². The Morgan fingerprint density at radius 3 is 2.53 bits per heavy atom. The molecule has 4 nitrogen and oxygen atoms in total. The molecule has 0 atom stereocenters. The molecule has 0 bridgehead atoms. The predicted octanol–water partition coefficient (Wildman–Crippen LogP) is 6.27. The Morgan fingerprint density at radius 1 is 1.00 bits per heavy atom. The molecule has 3 aromatic carbocycles. The number of ether oxygens (including phenoxy) is 1. The molecule has 0 heterocycles. The fraction of sp³-hybridized carbons (Fsp3) is 0.286. The van der Waals surface area contributed by atoms with Gasteiger partial charge in [0.15, 0.2) is 17.3 Å². The Balaban J connectivity index is 1.76. The van der Waals surface area contributed by atoms with Gasteiger partial charge in [-0.1, -0.05) is 68.3 Å². The van der Waals surface area contributed by atoms with Crippen LogP contribution in [0.5, 0.6) is 11.5 Å². The van der Waals surface area contributed by atoms with Crippen molar-refractivity contribution in [2.45, 2.75) is 45.4 Å². The van der Waals surface area contributed by atoms with E-state index in [0.29, 0.717) is 24.2 Å². The number of Topliss-reactive ketones (excluding diaryl/α,β-unsaturated/α-hetero) is 1. The van der Waals surface area contributed by atoms with Gasteiger partial charge in [0.25, 0.3) is 0 Å². The van der Waals surface area contributed by atoms with E-state index in [-0.39, 0.29) is 23.7 Å². The highest BCUT2D eigenvalue weighted by molar-refractivity contribution is 6.06. The molecule has 3 aromatic rings. The van der Waals surface area contributed by atoms with Gasteiger partial charge < -0.3 is 9.84 Å². The predicted molar refractivity (Wildman–Crippen MR) is 129 cm³/mol. The average molecular weight is 431 g/mol. The number of phenols is 1. The number of hydrogen-bond donors (Lipinski definition) is 1. The third-order valence-corrected chi connectivity index (χ3v) is 5.50. The van der Waals surface area contributed by atoms with Gasteiger partial charge >= 0.3 is 0 Å². The number of benzene rings is 3. The van der Waals surface area contributed by atoms with Crippen molar-refractivity contribution in [2.24, 2.45) is 0 Å². The summed E-state index contributed by atoms with van der Waals surface area (Å²) in [5, 5.41) is 12.9. The van der Waals surface area contributed by atoms with Gasteiger partial charge in [0.1, 0.15) is 5.78 Å². The van der Waals surface area contributed by atoms with Crippen LogP contribution in [0.15, 0.2) is 60.7 Å². The molecule has 0 saturated heterocycles. The van der Waals surface area contributed by atoms with Gasteiger partial charge in [0.05, 0.1) is 13.5 Å². The first-order valence-electron chi connectivity index (χ1n) is 11.1. The van der Waals surface area contributed by atoms with Crippen molar-refractivity contribution in [2.75, 3.05) is 7.11 Å². The van der Waals surface area contributed by atoms with Crippen LogP contribution in [0.1, 0.15) is 55.7 Å². The fourth-order valence-corrected chi connectivity index (χ4v) is 3.75. The highest BCUT2D eigenvalue weighted by atomic mass is 16.5. The second-order valence-corrected chi connectivity index (χ2v) is 8.06. The van der Waals surface area contributed by atoms with Gasteiger partial charge in [-0.3, -0.25) is 9.59 Å². The second-order valence-electron chi connectivity index (χ2n) is 8.06. The zero-order chi connectivity index (χ0) is 22.9. The van der Waals surface area contributed by atoms with Gasteiger partial charge in [0.2, 0.25) is 0 Å². The molecule has 1 N–H and O–H groups in total. The van der Waals surface area contributed by atoms with Gasteiger partial charge in [-0.2, -0.15) is 0 Å². The number of carbonyl (C=O) groups is 2. The summed E-state index contributed by atoms with van der Waals surface area (Å²) in [6.07, 6.45) is 6.90. The number of hydrogen-bond acceptors (Lipinski definition) is 4. The molecule has 0 aliphatic heterocycles. The quantitative estimate of drug-likeness (QED) is 0.221. The third-order valence-electron chi connectivity index (χ3n) is 5.50. The van der Waals surface area contributed by atoms with Crippen LogP contribution >= 0.6 is 0 Å². The molecule has 0 fully saturated rings. The minimum absolute atomic E-state index is 0.0200. The van der Waals surface area contributed by atoms with Gasteiger partial charge in [-0.15, -0.1) is 0 Å². The number of ketones is 2. The summed E-state index contributed by atoms with van der Waals surface area (Å²) in [6.45, 7) is 2.08. The first kappa shape index (κ1) is 23.3. The molecule has 32 heavy (non-hydrogen) atoms. The lowest BCUT2D eigenvalue weighted by Gasteiger charge is -2.11. The number of unbranched alkanes of at least 4 members (excludes halogenated alkanes) is 2. The largest absolute Gasteiger partial charge is 0.504 e. The molecule has 0 spiro atoms. The number of methoxy groups -OCH3 is 1. The molecule has 0 unspecified atom stereocenters. The van der Waals surface area contributed by atoms with E-state index in [1.165, 1.54) is 13.2 Å². The third kappa shape index (κ3) is 6.30. The van der Waals surface area contributed by atoms with Crippen LogP contribution in [0.3, 0.4) is 0 Å². The van der Waals surface area contributed by atoms with Gasteiger partial charge in [0, 0.05) is 18.4 Å². The monoisotopic (exact) mass is 430 g/mol. The zero-order valence-corrected chi connectivity index (χ0v) is 18.8. The van der Waals surface area contributed by atoms with E-state index in [1.54, 1.807) is 12.1 Å². The highest BCUT2D eigenvalue weighted by Gasteiger charge is 2.12. The second kappa shape index (κ2) is 11.3. The van der Waals surface area contributed by atoms with E-state index in [2.05, 4.69) is 31.2 Å². The minimum Gasteiger partial charge on any atom is -0.504 e. The summed E-state index contributed by atoms with van der Waals surface area (Å²) in [6, 6.07) is 17.9. The minimum atomic E-state index is -0.213. The maximum Gasteiger partial charge on any atom is 0.163 e. The van der Waals surface area contributed by atoms with E-state index in [0.717, 1.165) is 41.2 Å². The van der Waals surface area contributed by atoms with E-state index >= 15 is 0 Å². The molecule has 0 aliphatic carbocycles. The van der Waals surface area contributed by atoms with Crippen molar-refractivity contribution in [3.8, 4) is 11.5 Å². The van der Waals surface area contributed by atoms with E-state index in [1.807, 2.05) is 24.3 Å². The number of carbonyl (C=O) groups excluding carboxylic acids is 2. The van der Waals surface area contributed by atoms with Crippen LogP contribution in [0.4, 0.5) is 0 Å². The molecule has 166 valence electrons. The molecule has 0 amide bonds. The SMILES string of the molecule is CCCCCC(=O)CC(=O)C=Cc1cc(Cc2ccc3ccccc3c2)c(O)c(OC)c1. The molecule has 0 aliphatic rings.